The second-order valence-electron chi connectivity index (χ2n) is 9.99. The maximum Gasteiger partial charge on any atom is 0.255 e. The molecule has 1 atom stereocenters. The molecule has 1 aliphatic rings. The van der Waals surface area contributed by atoms with Gasteiger partial charge >= 0.3 is 0 Å². The molecule has 1 fully saturated rings. The van der Waals surface area contributed by atoms with E-state index in [0.29, 0.717) is 41.5 Å². The fourth-order valence-electron chi connectivity index (χ4n) is 4.26. The van der Waals surface area contributed by atoms with Crippen molar-refractivity contribution in [1.29, 1.82) is 5.26 Å². The van der Waals surface area contributed by atoms with Crippen molar-refractivity contribution in [3.05, 3.63) is 66.1 Å². The monoisotopic (exact) mass is 544 g/mol. The van der Waals surface area contributed by atoms with E-state index in [1.807, 2.05) is 24.3 Å². The Morgan fingerprint density at radius 2 is 1.98 bits per heavy atom. The van der Waals surface area contributed by atoms with Crippen molar-refractivity contribution in [3.8, 4) is 17.5 Å². The fourth-order valence-corrected chi connectivity index (χ4v) is 4.26. The third kappa shape index (κ3) is 5.85. The number of carbonyl (C=O) groups excluding carboxylic acids is 1. The van der Waals surface area contributed by atoms with E-state index in [2.05, 4.69) is 36.7 Å². The highest BCUT2D eigenvalue weighted by Gasteiger charge is 2.27. The van der Waals surface area contributed by atoms with Crippen molar-refractivity contribution in [1.82, 2.24) is 24.9 Å². The van der Waals surface area contributed by atoms with Gasteiger partial charge < -0.3 is 25.4 Å². The number of hydrogen-bond acceptors (Lipinski definition) is 9. The van der Waals surface area contributed by atoms with Gasteiger partial charge in [-0.3, -0.25) is 9.78 Å². The van der Waals surface area contributed by atoms with Crippen molar-refractivity contribution in [3.63, 3.8) is 0 Å². The van der Waals surface area contributed by atoms with E-state index in [9.17, 15) is 19.6 Å². The Balaban J connectivity index is 1.46. The zero-order valence-corrected chi connectivity index (χ0v) is 22.1. The summed E-state index contributed by atoms with van der Waals surface area (Å²) < 4.78 is 21.4. The number of rotatable bonds is 8. The summed E-state index contributed by atoms with van der Waals surface area (Å²) in [5.41, 5.74) is 1.98. The number of nitriles is 1. The van der Waals surface area contributed by atoms with Crippen LogP contribution in [0.4, 0.5) is 21.6 Å². The number of carbonyl (C=O) groups is 1. The Morgan fingerprint density at radius 1 is 1.18 bits per heavy atom. The van der Waals surface area contributed by atoms with Crippen molar-refractivity contribution in [2.75, 3.05) is 43.1 Å². The standard InChI is InChI=1S/C28H29FN8O3/c1-28(2,39)25(29)17-33-27(38)21-16-31-23(24-5-4-20-11-18(13-30)14-34-37(20)24)12-22(21)35-19-3-6-26(32-15-19)36-7-9-40-10-8-36/h3-6,11-12,14-16,25,39H,7-10,17H2,1-2H3,(H,31,35)(H,33,38). The van der Waals surface area contributed by atoms with Crippen LogP contribution in [0.3, 0.4) is 0 Å². The van der Waals surface area contributed by atoms with Gasteiger partial charge in [0.2, 0.25) is 0 Å². The third-order valence-corrected chi connectivity index (χ3v) is 6.61. The van der Waals surface area contributed by atoms with Crippen molar-refractivity contribution in [2.45, 2.75) is 25.6 Å². The molecule has 40 heavy (non-hydrogen) atoms. The van der Waals surface area contributed by atoms with Gasteiger partial charge in [-0.05, 0) is 50.2 Å². The Bertz CT molecular complexity index is 1550. The number of halogens is 1. The minimum absolute atomic E-state index is 0.185. The van der Waals surface area contributed by atoms with E-state index in [0.717, 1.165) is 24.4 Å². The van der Waals surface area contributed by atoms with E-state index in [1.165, 1.54) is 26.2 Å². The molecule has 12 heteroatoms. The lowest BCUT2D eigenvalue weighted by Gasteiger charge is -2.27. The normalized spacial score (nSPS) is 14.5. The van der Waals surface area contributed by atoms with Crippen LogP contribution in [0.15, 0.2) is 55.0 Å². The predicted molar refractivity (Wildman–Crippen MR) is 147 cm³/mol. The molecule has 0 aromatic carbocycles. The number of nitrogens with one attached hydrogen (secondary N) is 2. The first-order chi connectivity index (χ1) is 19.2. The van der Waals surface area contributed by atoms with Crippen LogP contribution in [-0.2, 0) is 4.74 Å². The molecular weight excluding hydrogens is 515 g/mol. The summed E-state index contributed by atoms with van der Waals surface area (Å²) in [5, 5.41) is 29.2. The zero-order valence-electron chi connectivity index (χ0n) is 22.1. The summed E-state index contributed by atoms with van der Waals surface area (Å²) in [4.78, 5) is 24.3. The van der Waals surface area contributed by atoms with Gasteiger partial charge in [0.05, 0.1) is 77.2 Å². The van der Waals surface area contributed by atoms with Gasteiger partial charge in [0.25, 0.3) is 5.91 Å². The van der Waals surface area contributed by atoms with Gasteiger partial charge in [-0.25, -0.2) is 13.9 Å². The van der Waals surface area contributed by atoms with Gasteiger partial charge in [-0.15, -0.1) is 0 Å². The first-order valence-electron chi connectivity index (χ1n) is 12.8. The smallest absolute Gasteiger partial charge is 0.255 e. The maximum atomic E-state index is 14.3. The van der Waals surface area contributed by atoms with Crippen molar-refractivity contribution < 1.29 is 19.0 Å². The molecule has 11 nitrogen and oxygen atoms in total. The molecule has 0 bridgehead atoms. The molecule has 1 unspecified atom stereocenters. The largest absolute Gasteiger partial charge is 0.387 e. The SMILES string of the molecule is CC(C)(O)C(F)CNC(=O)c1cnc(-c2ccc3cc(C#N)cnn23)cc1Nc1ccc(N2CCOCC2)nc1. The quantitative estimate of drug-likeness (QED) is 0.305. The molecule has 4 aromatic heterocycles. The summed E-state index contributed by atoms with van der Waals surface area (Å²) in [6.45, 7) is 5.13. The minimum atomic E-state index is -1.66. The van der Waals surface area contributed by atoms with E-state index in [1.54, 1.807) is 22.8 Å². The number of morpholine rings is 1. The Hall–Kier alpha value is -4.60. The summed E-state index contributed by atoms with van der Waals surface area (Å²) >= 11 is 0. The molecule has 1 saturated heterocycles. The van der Waals surface area contributed by atoms with Crippen LogP contribution < -0.4 is 15.5 Å². The van der Waals surface area contributed by atoms with Crippen LogP contribution >= 0.6 is 0 Å². The number of amides is 1. The van der Waals surface area contributed by atoms with Crippen LogP contribution in [0.2, 0.25) is 0 Å². The van der Waals surface area contributed by atoms with Gasteiger partial charge in [-0.2, -0.15) is 10.4 Å². The predicted octanol–water partition coefficient (Wildman–Crippen LogP) is 3.08. The van der Waals surface area contributed by atoms with E-state index in [4.69, 9.17) is 4.74 Å². The number of alkyl halides is 1. The van der Waals surface area contributed by atoms with Crippen LogP contribution in [0, 0.1) is 11.3 Å². The molecule has 206 valence electrons. The number of pyridine rings is 2. The lowest BCUT2D eigenvalue weighted by molar-refractivity contribution is -0.00177. The van der Waals surface area contributed by atoms with E-state index < -0.39 is 17.7 Å². The van der Waals surface area contributed by atoms with Crippen molar-refractivity contribution in [2.24, 2.45) is 0 Å². The van der Waals surface area contributed by atoms with Crippen LogP contribution in [0.1, 0.15) is 29.8 Å². The van der Waals surface area contributed by atoms with Gasteiger partial charge in [0.1, 0.15) is 18.1 Å². The van der Waals surface area contributed by atoms with E-state index in [-0.39, 0.29) is 12.1 Å². The zero-order chi connectivity index (χ0) is 28.3. The highest BCUT2D eigenvalue weighted by atomic mass is 19.1. The number of fused-ring (bicyclic) bond motifs is 1. The minimum Gasteiger partial charge on any atom is -0.387 e. The van der Waals surface area contributed by atoms with Crippen LogP contribution in [-0.4, -0.2) is 75.2 Å². The molecule has 0 aliphatic carbocycles. The van der Waals surface area contributed by atoms with Crippen LogP contribution in [0.25, 0.3) is 16.9 Å². The van der Waals surface area contributed by atoms with Gasteiger partial charge in [0.15, 0.2) is 0 Å². The first kappa shape index (κ1) is 27.0. The Kier molecular flexibility index (Phi) is 7.59. The second kappa shape index (κ2) is 11.3. The number of aromatic nitrogens is 4. The lowest BCUT2D eigenvalue weighted by Crippen LogP contribution is -2.42. The molecule has 0 radical (unpaired) electrons. The highest BCUT2D eigenvalue weighted by Crippen LogP contribution is 2.28. The summed E-state index contributed by atoms with van der Waals surface area (Å²) in [6.07, 6.45) is 2.89. The molecule has 4 aromatic rings. The maximum absolute atomic E-state index is 14.3. The molecule has 5 rings (SSSR count). The Labute approximate surface area is 230 Å². The van der Waals surface area contributed by atoms with Crippen molar-refractivity contribution >= 4 is 28.6 Å². The number of ether oxygens (including phenoxy) is 1. The molecular formula is C28H29FN8O3. The molecule has 0 spiro atoms. The molecule has 1 aliphatic heterocycles. The van der Waals surface area contributed by atoms with Crippen LogP contribution in [0.5, 0.6) is 0 Å². The van der Waals surface area contributed by atoms with Gasteiger partial charge in [0, 0.05) is 19.3 Å². The van der Waals surface area contributed by atoms with E-state index >= 15 is 0 Å². The summed E-state index contributed by atoms with van der Waals surface area (Å²) in [6, 6.07) is 12.9. The lowest BCUT2D eigenvalue weighted by atomic mass is 10.0. The molecule has 1 amide bonds. The molecule has 0 saturated carbocycles. The first-order valence-corrected chi connectivity index (χ1v) is 12.8. The average molecular weight is 545 g/mol. The number of hydrogen-bond donors (Lipinski definition) is 3. The molecule has 5 heterocycles. The number of anilines is 3. The summed E-state index contributed by atoms with van der Waals surface area (Å²) in [5.74, 6) is 0.272. The number of nitrogens with zero attached hydrogens (tertiary/aromatic N) is 6. The number of aliphatic hydroxyl groups is 1. The molecule has 3 N–H and O–H groups in total. The second-order valence-corrected chi connectivity index (χ2v) is 9.99. The fraction of sp³-hybridized carbons (Fsp3) is 0.321. The third-order valence-electron chi connectivity index (χ3n) is 6.61. The van der Waals surface area contributed by atoms with Gasteiger partial charge in [-0.1, -0.05) is 0 Å². The topological polar surface area (TPSA) is 141 Å². The summed E-state index contributed by atoms with van der Waals surface area (Å²) in [7, 11) is 0. The highest BCUT2D eigenvalue weighted by molar-refractivity contribution is 6.00. The average Bonchev–Trinajstić information content (AvgIpc) is 3.39. The Morgan fingerprint density at radius 3 is 2.67 bits per heavy atom.